The molecule has 126 valence electrons. The van der Waals surface area contributed by atoms with E-state index in [1.165, 1.54) is 0 Å². The van der Waals surface area contributed by atoms with Crippen LogP contribution in [-0.4, -0.2) is 63.0 Å². The zero-order chi connectivity index (χ0) is 16.4. The highest BCUT2D eigenvalue weighted by Crippen LogP contribution is 2.14. The molecular weight excluding hydrogens is 304 g/mol. The second-order valence-electron chi connectivity index (χ2n) is 5.05. The van der Waals surface area contributed by atoms with Crippen LogP contribution in [-0.2, 0) is 23.1 Å². The topological polar surface area (TPSA) is 51.0 Å². The number of guanidine groups is 1. The first-order chi connectivity index (χ1) is 10.6. The highest BCUT2D eigenvalue weighted by Gasteiger charge is 2.09. The summed E-state index contributed by atoms with van der Waals surface area (Å²) in [5.74, 6) is 0.856. The Labute approximate surface area is 138 Å². The predicted molar refractivity (Wildman–Crippen MR) is 90.6 cm³/mol. The van der Waals surface area contributed by atoms with E-state index in [4.69, 9.17) is 21.1 Å². The number of aliphatic imine (C=N–C) groups is 1. The fourth-order valence-electron chi connectivity index (χ4n) is 2.04. The molecule has 0 spiro atoms. The van der Waals surface area contributed by atoms with Crippen molar-refractivity contribution in [1.82, 2.24) is 14.8 Å². The summed E-state index contributed by atoms with van der Waals surface area (Å²) in [5, 5.41) is 4.08. The Morgan fingerprint density at radius 1 is 1.41 bits per heavy atom. The van der Waals surface area contributed by atoms with Gasteiger partial charge in [-0.15, -0.1) is 0 Å². The fourth-order valence-corrected chi connectivity index (χ4v) is 2.32. The molecule has 1 heterocycles. The van der Waals surface area contributed by atoms with E-state index in [0.29, 0.717) is 19.8 Å². The van der Waals surface area contributed by atoms with Gasteiger partial charge in [0.2, 0.25) is 0 Å². The van der Waals surface area contributed by atoms with Crippen molar-refractivity contribution in [1.29, 1.82) is 0 Å². The molecule has 0 fully saturated rings. The van der Waals surface area contributed by atoms with E-state index < -0.39 is 0 Å². The third-order valence-electron chi connectivity index (χ3n) is 3.23. The van der Waals surface area contributed by atoms with Gasteiger partial charge in [-0.25, -0.2) is 0 Å². The van der Waals surface area contributed by atoms with Crippen LogP contribution in [0.3, 0.4) is 0 Å². The van der Waals surface area contributed by atoms with Gasteiger partial charge in [-0.05, 0) is 12.5 Å². The van der Waals surface area contributed by atoms with Gasteiger partial charge >= 0.3 is 0 Å². The summed E-state index contributed by atoms with van der Waals surface area (Å²) >= 11 is 6.01. The number of hydrogen-bond acceptors (Lipinski definition) is 3. The molecule has 0 radical (unpaired) electrons. The lowest BCUT2D eigenvalue weighted by Crippen LogP contribution is -2.39. The monoisotopic (exact) mass is 330 g/mol. The van der Waals surface area contributed by atoms with Crippen LogP contribution < -0.4 is 5.32 Å². The molecule has 0 aliphatic heterocycles. The van der Waals surface area contributed by atoms with Crippen molar-refractivity contribution in [2.24, 2.45) is 12.0 Å². The standard InChI is InChI=1S/C15H27ClN4O2/c1-17-15(18-6-5-7-22-9-8-21-4)20(3)12-14-10-13(16)11-19(14)2/h10-11H,5-9,12H2,1-4H3,(H,17,18). The first-order valence-electron chi connectivity index (χ1n) is 7.37. The number of aryl methyl sites for hydroxylation is 1. The Bertz CT molecular complexity index is 462. The number of nitrogens with one attached hydrogen (secondary N) is 1. The molecule has 1 aromatic heterocycles. The van der Waals surface area contributed by atoms with Crippen molar-refractivity contribution in [2.45, 2.75) is 13.0 Å². The molecule has 0 atom stereocenters. The van der Waals surface area contributed by atoms with Gasteiger partial charge in [-0.2, -0.15) is 0 Å². The lowest BCUT2D eigenvalue weighted by atomic mass is 10.4. The van der Waals surface area contributed by atoms with Gasteiger partial charge in [0.1, 0.15) is 0 Å². The van der Waals surface area contributed by atoms with E-state index in [1.54, 1.807) is 14.2 Å². The molecule has 0 aliphatic rings. The molecule has 0 saturated carbocycles. The molecule has 0 bridgehead atoms. The third-order valence-corrected chi connectivity index (χ3v) is 3.43. The summed E-state index contributed by atoms with van der Waals surface area (Å²) in [4.78, 5) is 6.36. The molecule has 1 rings (SSSR count). The van der Waals surface area contributed by atoms with E-state index in [-0.39, 0.29) is 0 Å². The summed E-state index contributed by atoms with van der Waals surface area (Å²) in [5.41, 5.74) is 1.14. The van der Waals surface area contributed by atoms with Gasteiger partial charge in [-0.1, -0.05) is 11.6 Å². The van der Waals surface area contributed by atoms with E-state index >= 15 is 0 Å². The van der Waals surface area contributed by atoms with Crippen LogP contribution in [0.25, 0.3) is 0 Å². The minimum atomic E-state index is 0.636. The number of methoxy groups -OCH3 is 1. The van der Waals surface area contributed by atoms with Crippen molar-refractivity contribution in [3.8, 4) is 0 Å². The molecule has 0 saturated heterocycles. The largest absolute Gasteiger partial charge is 0.382 e. The first-order valence-corrected chi connectivity index (χ1v) is 7.75. The molecule has 0 amide bonds. The van der Waals surface area contributed by atoms with Gasteiger partial charge in [0, 0.05) is 53.3 Å². The average molecular weight is 331 g/mol. The molecular formula is C15H27ClN4O2. The normalized spacial score (nSPS) is 11.8. The summed E-state index contributed by atoms with van der Waals surface area (Å²) in [6, 6.07) is 1.97. The zero-order valence-electron chi connectivity index (χ0n) is 13.9. The minimum Gasteiger partial charge on any atom is -0.382 e. The van der Waals surface area contributed by atoms with Crippen molar-refractivity contribution in [3.63, 3.8) is 0 Å². The predicted octanol–water partition coefficient (Wildman–Crippen LogP) is 1.74. The van der Waals surface area contributed by atoms with Crippen LogP contribution in [0, 0.1) is 0 Å². The molecule has 22 heavy (non-hydrogen) atoms. The van der Waals surface area contributed by atoms with Crippen molar-refractivity contribution in [2.75, 3.05) is 47.6 Å². The van der Waals surface area contributed by atoms with Crippen molar-refractivity contribution >= 4 is 17.6 Å². The number of aromatic nitrogens is 1. The van der Waals surface area contributed by atoms with Gasteiger partial charge in [0.15, 0.2) is 5.96 Å². The molecule has 0 unspecified atom stereocenters. The van der Waals surface area contributed by atoms with Gasteiger partial charge in [-0.3, -0.25) is 4.99 Å². The average Bonchev–Trinajstić information content (AvgIpc) is 2.79. The summed E-state index contributed by atoms with van der Waals surface area (Å²) in [6.07, 6.45) is 2.82. The SMILES string of the molecule is CN=C(NCCCOCCOC)N(C)Cc1cc(Cl)cn1C. The first kappa shape index (κ1) is 18.8. The quantitative estimate of drug-likeness (QED) is 0.426. The maximum Gasteiger partial charge on any atom is 0.193 e. The van der Waals surface area contributed by atoms with E-state index in [0.717, 1.165) is 36.2 Å². The second kappa shape index (κ2) is 10.5. The van der Waals surface area contributed by atoms with Crippen LogP contribution in [0.1, 0.15) is 12.1 Å². The van der Waals surface area contributed by atoms with Crippen LogP contribution >= 0.6 is 11.6 Å². The lowest BCUT2D eigenvalue weighted by molar-refractivity contribution is 0.0698. The number of hydrogen-bond donors (Lipinski definition) is 1. The van der Waals surface area contributed by atoms with Crippen LogP contribution in [0.4, 0.5) is 0 Å². The molecule has 0 aromatic carbocycles. The number of nitrogens with zero attached hydrogens (tertiary/aromatic N) is 3. The van der Waals surface area contributed by atoms with Gasteiger partial charge in [0.25, 0.3) is 0 Å². The van der Waals surface area contributed by atoms with Crippen molar-refractivity contribution in [3.05, 3.63) is 23.0 Å². The van der Waals surface area contributed by atoms with Crippen LogP contribution in [0.5, 0.6) is 0 Å². The van der Waals surface area contributed by atoms with Crippen LogP contribution in [0.2, 0.25) is 5.02 Å². The Morgan fingerprint density at radius 3 is 2.77 bits per heavy atom. The fraction of sp³-hybridized carbons (Fsp3) is 0.667. The maximum atomic E-state index is 6.01. The number of rotatable bonds is 9. The highest BCUT2D eigenvalue weighted by molar-refractivity contribution is 6.30. The van der Waals surface area contributed by atoms with E-state index in [2.05, 4.69) is 15.2 Å². The molecule has 6 nitrogen and oxygen atoms in total. The Kier molecular flexibility index (Phi) is 8.96. The summed E-state index contributed by atoms with van der Waals surface area (Å²) < 4.78 is 12.4. The van der Waals surface area contributed by atoms with Crippen LogP contribution in [0.15, 0.2) is 17.3 Å². The molecule has 1 N–H and O–H groups in total. The maximum absolute atomic E-state index is 6.01. The highest BCUT2D eigenvalue weighted by atomic mass is 35.5. The molecule has 0 aliphatic carbocycles. The lowest BCUT2D eigenvalue weighted by Gasteiger charge is -2.22. The second-order valence-corrected chi connectivity index (χ2v) is 5.49. The van der Waals surface area contributed by atoms with E-state index in [1.807, 2.05) is 30.9 Å². The minimum absolute atomic E-state index is 0.636. The smallest absolute Gasteiger partial charge is 0.193 e. The number of ether oxygens (including phenoxy) is 2. The molecule has 7 heteroatoms. The Morgan fingerprint density at radius 2 is 2.18 bits per heavy atom. The Balaban J connectivity index is 2.30. The zero-order valence-corrected chi connectivity index (χ0v) is 14.7. The third kappa shape index (κ3) is 6.68. The number of halogens is 1. The van der Waals surface area contributed by atoms with Gasteiger partial charge < -0.3 is 24.3 Å². The van der Waals surface area contributed by atoms with E-state index in [9.17, 15) is 0 Å². The van der Waals surface area contributed by atoms with Gasteiger partial charge in [0.05, 0.1) is 24.8 Å². The van der Waals surface area contributed by atoms with Crippen molar-refractivity contribution < 1.29 is 9.47 Å². The summed E-state index contributed by atoms with van der Waals surface area (Å²) in [7, 11) is 7.45. The summed E-state index contributed by atoms with van der Waals surface area (Å²) in [6.45, 7) is 3.55. The molecule has 1 aromatic rings. The Hall–Kier alpha value is -1.24.